The molecule has 3 nitrogen and oxygen atoms in total. The van der Waals surface area contributed by atoms with Crippen molar-refractivity contribution in [2.24, 2.45) is 0 Å². The van der Waals surface area contributed by atoms with E-state index in [1.165, 1.54) is 11.8 Å². The maximum atomic E-state index is 10.8. The molecule has 0 saturated heterocycles. The molecular formula is C7H10BrNO2S. The largest absolute Gasteiger partial charge is 0.465 e. The minimum atomic E-state index is -0.222. The average Bonchev–Trinajstić information content (AvgIpc) is 2.04. The third-order valence-electron chi connectivity index (χ3n) is 0.929. The van der Waals surface area contributed by atoms with Gasteiger partial charge in [0.1, 0.15) is 4.83 Å². The Morgan fingerprint density at radius 3 is 3.00 bits per heavy atom. The lowest BCUT2D eigenvalue weighted by atomic mass is 10.6. The number of hydrogen-bond acceptors (Lipinski definition) is 4. The number of nitrogens with zero attached hydrogens (tertiary/aromatic N) is 1. The molecule has 0 fully saturated rings. The summed E-state index contributed by atoms with van der Waals surface area (Å²) in [5.74, 6) is 0.701. The number of carbonyl (C=O) groups excluding carboxylic acids is 1. The van der Waals surface area contributed by atoms with E-state index in [4.69, 9.17) is 10.00 Å². The lowest BCUT2D eigenvalue weighted by Crippen LogP contribution is -2.08. The highest BCUT2D eigenvalue weighted by Crippen LogP contribution is 2.08. The molecule has 0 rings (SSSR count). The third kappa shape index (κ3) is 6.50. The Morgan fingerprint density at radius 2 is 2.50 bits per heavy atom. The molecule has 68 valence electrons. The van der Waals surface area contributed by atoms with Gasteiger partial charge in [-0.1, -0.05) is 15.9 Å². The van der Waals surface area contributed by atoms with Crippen molar-refractivity contribution in [3.8, 4) is 6.07 Å². The van der Waals surface area contributed by atoms with Gasteiger partial charge in [0.2, 0.25) is 0 Å². The van der Waals surface area contributed by atoms with Crippen molar-refractivity contribution in [2.45, 2.75) is 11.8 Å². The van der Waals surface area contributed by atoms with Crippen LogP contribution in [-0.2, 0) is 9.53 Å². The van der Waals surface area contributed by atoms with Crippen molar-refractivity contribution in [1.29, 1.82) is 5.26 Å². The molecule has 5 heteroatoms. The molecule has 0 radical (unpaired) electrons. The van der Waals surface area contributed by atoms with Gasteiger partial charge >= 0.3 is 5.97 Å². The molecule has 1 unspecified atom stereocenters. The smallest absolute Gasteiger partial charge is 0.315 e. The third-order valence-corrected chi connectivity index (χ3v) is 2.90. The first-order valence-electron chi connectivity index (χ1n) is 3.47. The van der Waals surface area contributed by atoms with Crippen LogP contribution in [0.25, 0.3) is 0 Å². The van der Waals surface area contributed by atoms with Crippen LogP contribution in [0.2, 0.25) is 0 Å². The van der Waals surface area contributed by atoms with Crippen LogP contribution in [0.1, 0.15) is 6.92 Å². The zero-order valence-corrected chi connectivity index (χ0v) is 9.15. The number of rotatable bonds is 5. The van der Waals surface area contributed by atoms with Gasteiger partial charge in [-0.05, 0) is 6.92 Å². The van der Waals surface area contributed by atoms with Gasteiger partial charge < -0.3 is 4.74 Å². The molecule has 0 aromatic rings. The Labute approximate surface area is 84.6 Å². The highest BCUT2D eigenvalue weighted by atomic mass is 79.9. The Morgan fingerprint density at radius 1 is 1.83 bits per heavy atom. The van der Waals surface area contributed by atoms with Gasteiger partial charge in [-0.25, -0.2) is 0 Å². The van der Waals surface area contributed by atoms with E-state index < -0.39 is 0 Å². The first-order valence-corrected chi connectivity index (χ1v) is 5.54. The van der Waals surface area contributed by atoms with Crippen molar-refractivity contribution in [2.75, 3.05) is 18.1 Å². The van der Waals surface area contributed by atoms with Crippen LogP contribution in [-0.4, -0.2) is 28.9 Å². The van der Waals surface area contributed by atoms with E-state index in [2.05, 4.69) is 15.9 Å². The predicted octanol–water partition coefficient (Wildman–Crippen LogP) is 1.57. The molecule has 0 aromatic carbocycles. The summed E-state index contributed by atoms with van der Waals surface area (Å²) in [7, 11) is 0. The van der Waals surface area contributed by atoms with Gasteiger partial charge in [0, 0.05) is 5.75 Å². The van der Waals surface area contributed by atoms with Gasteiger partial charge in [-0.3, -0.25) is 4.79 Å². The molecule has 0 N–H and O–H groups in total. The minimum Gasteiger partial charge on any atom is -0.465 e. The summed E-state index contributed by atoms with van der Waals surface area (Å²) in [5.41, 5.74) is 0. The van der Waals surface area contributed by atoms with E-state index in [1.54, 1.807) is 6.92 Å². The second-order valence-corrected chi connectivity index (χ2v) is 4.05. The van der Waals surface area contributed by atoms with Crippen LogP contribution in [0, 0.1) is 11.3 Å². The van der Waals surface area contributed by atoms with E-state index in [0.29, 0.717) is 18.1 Å². The average molecular weight is 252 g/mol. The summed E-state index contributed by atoms with van der Waals surface area (Å²) < 4.78 is 4.70. The van der Waals surface area contributed by atoms with Gasteiger partial charge in [0.05, 0.1) is 18.4 Å². The van der Waals surface area contributed by atoms with Gasteiger partial charge in [-0.15, -0.1) is 11.8 Å². The van der Waals surface area contributed by atoms with Crippen LogP contribution in [0.3, 0.4) is 0 Å². The van der Waals surface area contributed by atoms with Crippen molar-refractivity contribution in [3.63, 3.8) is 0 Å². The number of carbonyl (C=O) groups is 1. The molecule has 12 heavy (non-hydrogen) atoms. The van der Waals surface area contributed by atoms with E-state index in [-0.39, 0.29) is 10.8 Å². The Hall–Kier alpha value is -0.210. The lowest BCUT2D eigenvalue weighted by Gasteiger charge is -2.01. The molecule has 0 amide bonds. The topological polar surface area (TPSA) is 50.1 Å². The Balaban J connectivity index is 3.32. The molecule has 0 aliphatic heterocycles. The van der Waals surface area contributed by atoms with Crippen LogP contribution in [0.5, 0.6) is 0 Å². The summed E-state index contributed by atoms with van der Waals surface area (Å²) in [5, 5.41) is 8.38. The normalized spacial score (nSPS) is 11.8. The van der Waals surface area contributed by atoms with E-state index in [9.17, 15) is 4.79 Å². The Kier molecular flexibility index (Phi) is 7.31. The number of halogens is 1. The van der Waals surface area contributed by atoms with Crippen molar-refractivity contribution < 1.29 is 9.53 Å². The highest BCUT2D eigenvalue weighted by molar-refractivity contribution is 9.09. The maximum Gasteiger partial charge on any atom is 0.315 e. The summed E-state index contributed by atoms with van der Waals surface area (Å²) in [6.07, 6.45) is 0. The lowest BCUT2D eigenvalue weighted by molar-refractivity contribution is -0.139. The van der Waals surface area contributed by atoms with Crippen LogP contribution >= 0.6 is 27.7 Å². The SMILES string of the molecule is CCOC(=O)CSCC(Br)C#N. The fourth-order valence-corrected chi connectivity index (χ4v) is 1.70. The fraction of sp³-hybridized carbons (Fsp3) is 0.714. The number of hydrogen-bond donors (Lipinski definition) is 0. The van der Waals surface area contributed by atoms with Crippen molar-refractivity contribution in [3.05, 3.63) is 0 Å². The van der Waals surface area contributed by atoms with Crippen molar-refractivity contribution in [1.82, 2.24) is 0 Å². The van der Waals surface area contributed by atoms with E-state index >= 15 is 0 Å². The maximum absolute atomic E-state index is 10.8. The van der Waals surface area contributed by atoms with Crippen LogP contribution in [0.4, 0.5) is 0 Å². The fourth-order valence-electron chi connectivity index (χ4n) is 0.486. The molecule has 1 atom stereocenters. The molecule has 0 saturated carbocycles. The molecular weight excluding hydrogens is 242 g/mol. The zero-order valence-electron chi connectivity index (χ0n) is 6.75. The highest BCUT2D eigenvalue weighted by Gasteiger charge is 2.05. The van der Waals surface area contributed by atoms with E-state index in [1.807, 2.05) is 6.07 Å². The second kappa shape index (κ2) is 7.44. The number of esters is 1. The monoisotopic (exact) mass is 251 g/mol. The summed E-state index contributed by atoms with van der Waals surface area (Å²) >= 11 is 4.52. The molecule has 0 heterocycles. The number of ether oxygens (including phenoxy) is 1. The minimum absolute atomic E-state index is 0.183. The second-order valence-electron chi connectivity index (χ2n) is 1.92. The molecule has 0 spiro atoms. The van der Waals surface area contributed by atoms with Gasteiger partial charge in [0.25, 0.3) is 0 Å². The van der Waals surface area contributed by atoms with Gasteiger partial charge in [-0.2, -0.15) is 5.26 Å². The molecule has 0 aliphatic rings. The summed E-state index contributed by atoms with van der Waals surface area (Å²) in [4.78, 5) is 10.6. The van der Waals surface area contributed by atoms with Crippen LogP contribution < -0.4 is 0 Å². The van der Waals surface area contributed by atoms with Crippen LogP contribution in [0.15, 0.2) is 0 Å². The summed E-state index contributed by atoms with van der Waals surface area (Å²) in [6, 6.07) is 2.01. The number of thioether (sulfide) groups is 1. The predicted molar refractivity (Wildman–Crippen MR) is 52.3 cm³/mol. The number of nitriles is 1. The van der Waals surface area contributed by atoms with Gasteiger partial charge in [0.15, 0.2) is 0 Å². The van der Waals surface area contributed by atoms with E-state index in [0.717, 1.165) is 0 Å². The quantitative estimate of drug-likeness (QED) is 0.550. The Bertz CT molecular complexity index is 181. The first-order chi connectivity index (χ1) is 5.70. The van der Waals surface area contributed by atoms with Crippen molar-refractivity contribution >= 4 is 33.7 Å². The zero-order chi connectivity index (χ0) is 9.40. The molecule has 0 aliphatic carbocycles. The first kappa shape index (κ1) is 11.8. The standard InChI is InChI=1S/C7H10BrNO2S/c1-2-11-7(10)5-12-4-6(8)3-9/h6H,2,4-5H2,1H3. The molecule has 0 bridgehead atoms. The molecule has 0 aromatic heterocycles. The number of alkyl halides is 1. The summed E-state index contributed by atoms with van der Waals surface area (Å²) in [6.45, 7) is 2.18.